The molecular formula is C11H18O4. The summed E-state index contributed by atoms with van der Waals surface area (Å²) in [6, 6.07) is 0. The lowest BCUT2D eigenvalue weighted by Gasteiger charge is -2.17. The van der Waals surface area contributed by atoms with Crippen molar-refractivity contribution in [2.24, 2.45) is 0 Å². The molecule has 0 saturated carbocycles. The molecule has 4 nitrogen and oxygen atoms in total. The first kappa shape index (κ1) is 13.7. The summed E-state index contributed by atoms with van der Waals surface area (Å²) in [5.41, 5.74) is -0.498. The summed E-state index contributed by atoms with van der Waals surface area (Å²) < 4.78 is 9.74. The van der Waals surface area contributed by atoms with Crippen LogP contribution in [-0.4, -0.2) is 24.1 Å². The van der Waals surface area contributed by atoms with Crippen molar-refractivity contribution in [1.29, 1.82) is 0 Å². The minimum Gasteiger partial charge on any atom is -0.461 e. The van der Waals surface area contributed by atoms with Gasteiger partial charge in [-0.05, 0) is 26.8 Å². The number of rotatable bonds is 4. The first-order valence-electron chi connectivity index (χ1n) is 4.90. The monoisotopic (exact) mass is 214 g/mol. The van der Waals surface area contributed by atoms with Gasteiger partial charge in [0.1, 0.15) is 12.2 Å². The fourth-order valence-electron chi connectivity index (χ4n) is 0.723. The van der Waals surface area contributed by atoms with E-state index in [2.05, 4.69) is 0 Å². The van der Waals surface area contributed by atoms with Crippen LogP contribution in [0.3, 0.4) is 0 Å². The van der Waals surface area contributed by atoms with Crippen LogP contribution >= 0.6 is 0 Å². The summed E-state index contributed by atoms with van der Waals surface area (Å²) in [5, 5.41) is 0. The average Bonchev–Trinajstić information content (AvgIpc) is 2.09. The minimum atomic E-state index is -0.498. The molecule has 0 aromatic rings. The van der Waals surface area contributed by atoms with E-state index in [1.54, 1.807) is 27.7 Å². The number of hydrogen-bond acceptors (Lipinski definition) is 4. The van der Waals surface area contributed by atoms with E-state index < -0.39 is 11.6 Å². The molecule has 0 spiro atoms. The summed E-state index contributed by atoms with van der Waals surface area (Å²) >= 11 is 0. The van der Waals surface area contributed by atoms with Crippen LogP contribution in [0.4, 0.5) is 0 Å². The van der Waals surface area contributed by atoms with E-state index >= 15 is 0 Å². The molecule has 0 radical (unpaired) electrons. The Morgan fingerprint density at radius 3 is 2.33 bits per heavy atom. The van der Waals surface area contributed by atoms with Gasteiger partial charge in [0, 0.05) is 12.5 Å². The third-order valence-corrected chi connectivity index (χ3v) is 1.29. The van der Waals surface area contributed by atoms with Gasteiger partial charge in [0.15, 0.2) is 0 Å². The Hall–Kier alpha value is -1.32. The van der Waals surface area contributed by atoms with Gasteiger partial charge in [-0.2, -0.15) is 0 Å². The van der Waals surface area contributed by atoms with Gasteiger partial charge in [0.2, 0.25) is 0 Å². The first-order chi connectivity index (χ1) is 6.85. The Bertz CT molecular complexity index is 248. The smallest absolute Gasteiger partial charge is 0.331 e. The van der Waals surface area contributed by atoms with E-state index in [0.29, 0.717) is 6.42 Å². The Balaban J connectivity index is 3.78. The maximum Gasteiger partial charge on any atom is 0.331 e. The molecule has 0 saturated heterocycles. The van der Waals surface area contributed by atoms with E-state index in [9.17, 15) is 9.59 Å². The lowest BCUT2D eigenvalue weighted by molar-refractivity contribution is -0.149. The zero-order valence-electron chi connectivity index (χ0n) is 9.70. The van der Waals surface area contributed by atoms with E-state index in [1.165, 1.54) is 12.2 Å². The van der Waals surface area contributed by atoms with Crippen molar-refractivity contribution in [2.75, 3.05) is 6.61 Å². The molecule has 0 unspecified atom stereocenters. The molecule has 0 aromatic carbocycles. The van der Waals surface area contributed by atoms with E-state index in [4.69, 9.17) is 9.47 Å². The van der Waals surface area contributed by atoms with Crippen molar-refractivity contribution in [1.82, 2.24) is 0 Å². The second-order valence-electron chi connectivity index (χ2n) is 3.97. The molecule has 0 N–H and O–H groups in total. The van der Waals surface area contributed by atoms with Crippen molar-refractivity contribution in [2.45, 2.75) is 39.7 Å². The van der Waals surface area contributed by atoms with Gasteiger partial charge in [-0.15, -0.1) is 0 Å². The van der Waals surface area contributed by atoms with Crippen molar-refractivity contribution in [3.63, 3.8) is 0 Å². The zero-order valence-corrected chi connectivity index (χ0v) is 9.70. The fourth-order valence-corrected chi connectivity index (χ4v) is 0.723. The number of carbonyl (C=O) groups is 2. The highest BCUT2D eigenvalue weighted by Crippen LogP contribution is 2.06. The number of ether oxygens (including phenoxy) is 2. The molecule has 0 amide bonds. The molecule has 0 fully saturated rings. The average molecular weight is 214 g/mol. The third kappa shape index (κ3) is 9.00. The SMILES string of the molecule is CCC(=O)OCC=CC(=O)OC(C)(C)C. The molecule has 15 heavy (non-hydrogen) atoms. The van der Waals surface area contributed by atoms with Crippen molar-refractivity contribution in [3.05, 3.63) is 12.2 Å². The Labute approximate surface area is 90.2 Å². The summed E-state index contributed by atoms with van der Waals surface area (Å²) in [6.07, 6.45) is 3.05. The number of hydrogen-bond donors (Lipinski definition) is 0. The quantitative estimate of drug-likeness (QED) is 0.529. The second kappa shape index (κ2) is 6.22. The molecule has 0 aromatic heterocycles. The molecule has 0 heterocycles. The highest BCUT2D eigenvalue weighted by molar-refractivity contribution is 5.82. The van der Waals surface area contributed by atoms with E-state index in [-0.39, 0.29) is 12.6 Å². The molecule has 0 rings (SSSR count). The molecule has 86 valence electrons. The maximum absolute atomic E-state index is 11.1. The van der Waals surface area contributed by atoms with Gasteiger partial charge in [-0.3, -0.25) is 4.79 Å². The Kier molecular flexibility index (Phi) is 5.67. The lowest BCUT2D eigenvalue weighted by atomic mass is 10.2. The highest BCUT2D eigenvalue weighted by Gasteiger charge is 2.13. The minimum absolute atomic E-state index is 0.103. The van der Waals surface area contributed by atoms with Crippen LogP contribution in [0.15, 0.2) is 12.2 Å². The van der Waals surface area contributed by atoms with Gasteiger partial charge in [-0.25, -0.2) is 4.79 Å². The molecule has 0 atom stereocenters. The highest BCUT2D eigenvalue weighted by atomic mass is 16.6. The molecular weight excluding hydrogens is 196 g/mol. The van der Waals surface area contributed by atoms with Crippen LogP contribution in [0.1, 0.15) is 34.1 Å². The predicted molar refractivity (Wildman–Crippen MR) is 56.2 cm³/mol. The van der Waals surface area contributed by atoms with E-state index in [0.717, 1.165) is 0 Å². The summed E-state index contributed by atoms with van der Waals surface area (Å²) in [6.45, 7) is 7.17. The second-order valence-corrected chi connectivity index (χ2v) is 3.97. The summed E-state index contributed by atoms with van der Waals surface area (Å²) in [5.74, 6) is -0.723. The zero-order chi connectivity index (χ0) is 11.9. The Morgan fingerprint density at radius 1 is 1.27 bits per heavy atom. The maximum atomic E-state index is 11.1. The number of esters is 2. The standard InChI is InChI=1S/C11H18O4/c1-5-9(12)14-8-6-7-10(13)15-11(2,3)4/h6-7H,5,8H2,1-4H3. The van der Waals surface area contributed by atoms with Crippen molar-refractivity contribution in [3.8, 4) is 0 Å². The van der Waals surface area contributed by atoms with Gasteiger partial charge < -0.3 is 9.47 Å². The van der Waals surface area contributed by atoms with Crippen LogP contribution < -0.4 is 0 Å². The molecule has 0 bridgehead atoms. The normalized spacial score (nSPS) is 11.5. The van der Waals surface area contributed by atoms with Gasteiger partial charge in [-0.1, -0.05) is 6.92 Å². The van der Waals surface area contributed by atoms with E-state index in [1.807, 2.05) is 0 Å². The van der Waals surface area contributed by atoms with Crippen LogP contribution in [0.25, 0.3) is 0 Å². The first-order valence-corrected chi connectivity index (χ1v) is 4.90. The molecule has 4 heteroatoms. The van der Waals surface area contributed by atoms with Gasteiger partial charge >= 0.3 is 11.9 Å². The Morgan fingerprint density at radius 2 is 1.87 bits per heavy atom. The van der Waals surface area contributed by atoms with Crippen LogP contribution in [0.2, 0.25) is 0 Å². The topological polar surface area (TPSA) is 52.6 Å². The number of carbonyl (C=O) groups excluding carboxylic acids is 2. The lowest BCUT2D eigenvalue weighted by Crippen LogP contribution is -2.22. The van der Waals surface area contributed by atoms with Gasteiger partial charge in [0.25, 0.3) is 0 Å². The molecule has 0 aliphatic carbocycles. The van der Waals surface area contributed by atoms with Crippen LogP contribution in [0.5, 0.6) is 0 Å². The third-order valence-electron chi connectivity index (χ3n) is 1.29. The summed E-state index contributed by atoms with van der Waals surface area (Å²) in [4.78, 5) is 21.8. The predicted octanol–water partition coefficient (Wildman–Crippen LogP) is 1.84. The van der Waals surface area contributed by atoms with Crippen LogP contribution in [-0.2, 0) is 19.1 Å². The van der Waals surface area contributed by atoms with Crippen LogP contribution in [0, 0.1) is 0 Å². The van der Waals surface area contributed by atoms with Gasteiger partial charge in [0.05, 0.1) is 0 Å². The fraction of sp³-hybridized carbons (Fsp3) is 0.636. The largest absolute Gasteiger partial charge is 0.461 e. The summed E-state index contributed by atoms with van der Waals surface area (Å²) in [7, 11) is 0. The molecule has 0 aliphatic heterocycles. The van der Waals surface area contributed by atoms with Crippen molar-refractivity contribution < 1.29 is 19.1 Å². The van der Waals surface area contributed by atoms with Crippen molar-refractivity contribution >= 4 is 11.9 Å². The molecule has 0 aliphatic rings.